The molecule has 3 aromatic rings. The van der Waals surface area contributed by atoms with Crippen LogP contribution < -0.4 is 4.72 Å². The molecule has 6 nitrogen and oxygen atoms in total. The minimum atomic E-state index is -3.67. The molecule has 2 aromatic carbocycles. The molecule has 0 aliphatic carbocycles. The van der Waals surface area contributed by atoms with Gasteiger partial charge in [-0.3, -0.25) is 4.98 Å². The fourth-order valence-electron chi connectivity index (χ4n) is 3.31. The van der Waals surface area contributed by atoms with E-state index in [0.717, 1.165) is 16.7 Å². The number of benzene rings is 2. The first-order valence-electron chi connectivity index (χ1n) is 9.72. The second-order valence-corrected chi connectivity index (χ2v) is 9.24. The zero-order valence-electron chi connectivity index (χ0n) is 17.4. The predicted molar refractivity (Wildman–Crippen MR) is 121 cm³/mol. The maximum Gasteiger partial charge on any atom is 0.240 e. The van der Waals surface area contributed by atoms with E-state index in [2.05, 4.69) is 9.71 Å². The van der Waals surface area contributed by atoms with Crippen LogP contribution in [0.15, 0.2) is 78.0 Å². The molecule has 1 heterocycles. The summed E-state index contributed by atoms with van der Waals surface area (Å²) in [5, 5.41) is 0.485. The van der Waals surface area contributed by atoms with Crippen LogP contribution in [-0.4, -0.2) is 34.2 Å². The number of hydrogen-bond donors (Lipinski definition) is 1. The second-order valence-electron chi connectivity index (χ2n) is 7.04. The lowest BCUT2D eigenvalue weighted by atomic mass is 9.92. The van der Waals surface area contributed by atoms with Crippen LogP contribution in [0.4, 0.5) is 0 Å². The number of halogens is 1. The fourth-order valence-corrected chi connectivity index (χ4v) is 4.52. The molecule has 0 amide bonds. The number of nitrogens with one attached hydrogen (secondary N) is 1. The van der Waals surface area contributed by atoms with E-state index in [1.165, 1.54) is 12.1 Å². The van der Waals surface area contributed by atoms with E-state index in [-0.39, 0.29) is 17.4 Å². The first kappa shape index (κ1) is 23.4. The monoisotopic (exact) mass is 460 g/mol. The van der Waals surface area contributed by atoms with E-state index in [1.807, 2.05) is 36.4 Å². The molecule has 0 saturated heterocycles. The Morgan fingerprint density at radius 2 is 1.61 bits per heavy atom. The van der Waals surface area contributed by atoms with Gasteiger partial charge in [0.1, 0.15) is 0 Å². The van der Waals surface area contributed by atoms with Crippen LogP contribution >= 0.6 is 11.6 Å². The van der Waals surface area contributed by atoms with Crippen LogP contribution in [-0.2, 0) is 25.9 Å². The summed E-state index contributed by atoms with van der Waals surface area (Å²) in [5.74, 6) is -0.0936. The molecule has 0 aliphatic rings. The van der Waals surface area contributed by atoms with Crippen molar-refractivity contribution < 1.29 is 17.9 Å². The van der Waals surface area contributed by atoms with Gasteiger partial charge < -0.3 is 9.47 Å². The van der Waals surface area contributed by atoms with Gasteiger partial charge in [0.25, 0.3) is 0 Å². The van der Waals surface area contributed by atoms with Crippen LogP contribution in [0.5, 0.6) is 0 Å². The molecule has 3 rings (SSSR count). The minimum absolute atomic E-state index is 0.0936. The van der Waals surface area contributed by atoms with Crippen molar-refractivity contribution >= 4 is 21.6 Å². The largest absolute Gasteiger partial charge is 0.352 e. The summed E-state index contributed by atoms with van der Waals surface area (Å²) in [7, 11) is -0.502. The number of nitrogens with zero attached hydrogens (tertiary/aromatic N) is 1. The Bertz CT molecular complexity index is 1050. The van der Waals surface area contributed by atoms with Gasteiger partial charge >= 0.3 is 0 Å². The standard InChI is InChI=1S/C23H25ClN2O4S/c1-29-23(30-2)19-7-5-18(6-8-19)20(14-17-4-3-13-25-15-17)16-26-31(27,28)22-11-9-21(24)10-12-22/h3-13,15,20,23,26H,14,16H2,1-2H3. The quantitative estimate of drug-likeness (QED) is 0.455. The molecule has 1 N–H and O–H groups in total. The lowest BCUT2D eigenvalue weighted by molar-refractivity contribution is -0.106. The van der Waals surface area contributed by atoms with Crippen LogP contribution in [0.1, 0.15) is 28.9 Å². The van der Waals surface area contributed by atoms with Crippen LogP contribution in [0, 0.1) is 0 Å². The van der Waals surface area contributed by atoms with Crippen molar-refractivity contribution in [1.29, 1.82) is 0 Å². The fraction of sp³-hybridized carbons (Fsp3) is 0.261. The SMILES string of the molecule is COC(OC)c1ccc(C(CNS(=O)(=O)c2ccc(Cl)cc2)Cc2cccnc2)cc1. The second kappa shape index (κ2) is 10.8. The molecule has 164 valence electrons. The van der Waals surface area contributed by atoms with Crippen molar-refractivity contribution in [3.05, 3.63) is 94.8 Å². The third-order valence-corrected chi connectivity index (χ3v) is 6.65. The van der Waals surface area contributed by atoms with E-state index < -0.39 is 16.3 Å². The highest BCUT2D eigenvalue weighted by Crippen LogP contribution is 2.25. The van der Waals surface area contributed by atoms with Gasteiger partial charge in [-0.1, -0.05) is 41.9 Å². The Hall–Kier alpha value is -2.29. The van der Waals surface area contributed by atoms with Gasteiger partial charge in [-0.2, -0.15) is 0 Å². The predicted octanol–water partition coefficient (Wildman–Crippen LogP) is 4.33. The molecule has 1 unspecified atom stereocenters. The van der Waals surface area contributed by atoms with Gasteiger partial charge in [0, 0.05) is 49.7 Å². The van der Waals surface area contributed by atoms with Crippen molar-refractivity contribution in [3.8, 4) is 0 Å². The molecule has 1 aromatic heterocycles. The Kier molecular flexibility index (Phi) is 8.17. The van der Waals surface area contributed by atoms with Gasteiger partial charge in [-0.15, -0.1) is 0 Å². The highest BCUT2D eigenvalue weighted by atomic mass is 35.5. The third kappa shape index (κ3) is 6.35. The number of rotatable bonds is 10. The summed E-state index contributed by atoms with van der Waals surface area (Å²) in [6, 6.07) is 17.7. The zero-order valence-corrected chi connectivity index (χ0v) is 18.9. The topological polar surface area (TPSA) is 77.5 Å². The minimum Gasteiger partial charge on any atom is -0.352 e. The summed E-state index contributed by atoms with van der Waals surface area (Å²) in [6.07, 6.45) is 3.69. The molecule has 31 heavy (non-hydrogen) atoms. The first-order chi connectivity index (χ1) is 14.9. The summed E-state index contributed by atoms with van der Waals surface area (Å²) in [6.45, 7) is 0.233. The summed E-state index contributed by atoms with van der Waals surface area (Å²) < 4.78 is 38.8. The summed E-state index contributed by atoms with van der Waals surface area (Å²) >= 11 is 5.88. The first-order valence-corrected chi connectivity index (χ1v) is 11.6. The van der Waals surface area contributed by atoms with Crippen molar-refractivity contribution in [2.24, 2.45) is 0 Å². The van der Waals surface area contributed by atoms with Crippen LogP contribution in [0.25, 0.3) is 0 Å². The summed E-state index contributed by atoms with van der Waals surface area (Å²) in [5.41, 5.74) is 2.90. The maximum atomic E-state index is 12.8. The van der Waals surface area contributed by atoms with Crippen molar-refractivity contribution in [1.82, 2.24) is 9.71 Å². The maximum absolute atomic E-state index is 12.8. The molecular weight excluding hydrogens is 436 g/mol. The Labute approximate surface area is 188 Å². The molecule has 0 radical (unpaired) electrons. The van der Waals surface area contributed by atoms with Gasteiger partial charge in [0.15, 0.2) is 6.29 Å². The number of hydrogen-bond acceptors (Lipinski definition) is 5. The lowest BCUT2D eigenvalue weighted by Crippen LogP contribution is -2.29. The van der Waals surface area contributed by atoms with E-state index >= 15 is 0 Å². The molecule has 0 spiro atoms. The van der Waals surface area contributed by atoms with Crippen LogP contribution in [0.3, 0.4) is 0 Å². The highest BCUT2D eigenvalue weighted by Gasteiger charge is 2.20. The Balaban J connectivity index is 1.82. The Morgan fingerprint density at radius 1 is 0.968 bits per heavy atom. The van der Waals surface area contributed by atoms with E-state index in [0.29, 0.717) is 11.4 Å². The van der Waals surface area contributed by atoms with Crippen molar-refractivity contribution in [3.63, 3.8) is 0 Å². The number of pyridine rings is 1. The summed E-state index contributed by atoms with van der Waals surface area (Å²) in [4.78, 5) is 4.35. The number of sulfonamides is 1. The normalized spacial score (nSPS) is 12.8. The molecule has 8 heteroatoms. The molecule has 0 bridgehead atoms. The van der Waals surface area contributed by atoms with Gasteiger partial charge in [0.05, 0.1) is 4.90 Å². The van der Waals surface area contributed by atoms with Gasteiger partial charge in [0.2, 0.25) is 10.0 Å². The lowest BCUT2D eigenvalue weighted by Gasteiger charge is -2.20. The van der Waals surface area contributed by atoms with Gasteiger partial charge in [-0.05, 0) is 47.9 Å². The van der Waals surface area contributed by atoms with Crippen LogP contribution in [0.2, 0.25) is 5.02 Å². The van der Waals surface area contributed by atoms with Gasteiger partial charge in [-0.25, -0.2) is 13.1 Å². The Morgan fingerprint density at radius 3 is 2.19 bits per heavy atom. The van der Waals surface area contributed by atoms with Crippen molar-refractivity contribution in [2.75, 3.05) is 20.8 Å². The molecule has 0 fully saturated rings. The molecule has 1 atom stereocenters. The van der Waals surface area contributed by atoms with Crippen molar-refractivity contribution in [2.45, 2.75) is 23.5 Å². The highest BCUT2D eigenvalue weighted by molar-refractivity contribution is 7.89. The number of aromatic nitrogens is 1. The average Bonchev–Trinajstić information content (AvgIpc) is 2.79. The third-order valence-electron chi connectivity index (χ3n) is 4.96. The molecule has 0 saturated carbocycles. The average molecular weight is 461 g/mol. The molecular formula is C23H25ClN2O4S. The molecule has 0 aliphatic heterocycles. The smallest absolute Gasteiger partial charge is 0.240 e. The van der Waals surface area contributed by atoms with E-state index in [4.69, 9.17) is 21.1 Å². The number of methoxy groups -OCH3 is 2. The number of ether oxygens (including phenoxy) is 2. The van der Waals surface area contributed by atoms with E-state index in [1.54, 1.807) is 38.7 Å². The zero-order chi connectivity index (χ0) is 22.3. The van der Waals surface area contributed by atoms with E-state index in [9.17, 15) is 8.42 Å².